The molecule has 0 aliphatic heterocycles. The molecule has 0 fully saturated rings. The van der Waals surface area contributed by atoms with E-state index in [9.17, 15) is 19.2 Å². The van der Waals surface area contributed by atoms with Crippen LogP contribution in [-0.4, -0.2) is 36.8 Å². The maximum absolute atomic E-state index is 13.4. The monoisotopic (exact) mass is 521 g/mol. The minimum Gasteiger partial charge on any atom is -0.465 e. The van der Waals surface area contributed by atoms with Gasteiger partial charge in [0, 0.05) is 12.0 Å². The number of methoxy groups -OCH3 is 1. The minimum atomic E-state index is -0.997. The first-order chi connectivity index (χ1) is 19.0. The molecule has 0 saturated carbocycles. The number of nitrogens with one attached hydrogen (secondary N) is 3. The van der Waals surface area contributed by atoms with E-state index in [0.29, 0.717) is 11.3 Å². The molecule has 0 unspecified atom stereocenters. The van der Waals surface area contributed by atoms with E-state index in [-0.39, 0.29) is 29.1 Å². The molecule has 39 heavy (non-hydrogen) atoms. The quantitative estimate of drug-likeness (QED) is 0.276. The van der Waals surface area contributed by atoms with Gasteiger partial charge in [-0.05, 0) is 42.0 Å². The summed E-state index contributed by atoms with van der Waals surface area (Å²) in [6.07, 6.45) is 0.192. The molecule has 196 valence electrons. The summed E-state index contributed by atoms with van der Waals surface area (Å²) in [7, 11) is 1.26. The second-order valence-corrected chi connectivity index (χ2v) is 8.61. The molecule has 0 radical (unpaired) electrons. The van der Waals surface area contributed by atoms with Crippen molar-refractivity contribution in [1.29, 1.82) is 0 Å². The lowest BCUT2D eigenvalue weighted by atomic mass is 10.0. The van der Waals surface area contributed by atoms with Gasteiger partial charge in [-0.1, -0.05) is 72.8 Å². The number of rotatable bonds is 9. The van der Waals surface area contributed by atoms with Gasteiger partial charge in [-0.15, -0.1) is 0 Å². The molecule has 0 aliphatic rings. The van der Waals surface area contributed by atoms with Crippen LogP contribution in [0, 0.1) is 0 Å². The van der Waals surface area contributed by atoms with Gasteiger partial charge in [0.05, 0.1) is 29.6 Å². The van der Waals surface area contributed by atoms with Crippen LogP contribution in [-0.2, 0) is 16.0 Å². The van der Waals surface area contributed by atoms with E-state index in [2.05, 4.69) is 16.0 Å². The van der Waals surface area contributed by atoms with Crippen molar-refractivity contribution < 1.29 is 23.9 Å². The average molecular weight is 522 g/mol. The summed E-state index contributed by atoms with van der Waals surface area (Å²) in [6.45, 7) is 0. The third kappa shape index (κ3) is 6.95. The maximum atomic E-state index is 13.4. The topological polar surface area (TPSA) is 114 Å². The van der Waals surface area contributed by atoms with Crippen molar-refractivity contribution in [3.05, 3.63) is 131 Å². The lowest BCUT2D eigenvalue weighted by Gasteiger charge is -2.20. The third-order valence-electron chi connectivity index (χ3n) is 5.95. The second kappa shape index (κ2) is 12.8. The molecule has 0 bridgehead atoms. The number of carbonyl (C=O) groups is 4. The Kier molecular flexibility index (Phi) is 8.82. The van der Waals surface area contributed by atoms with Gasteiger partial charge < -0.3 is 20.7 Å². The van der Waals surface area contributed by atoms with Crippen molar-refractivity contribution in [3.63, 3.8) is 0 Å². The highest BCUT2D eigenvalue weighted by Crippen LogP contribution is 2.19. The first-order valence-electron chi connectivity index (χ1n) is 12.2. The van der Waals surface area contributed by atoms with Gasteiger partial charge in [-0.3, -0.25) is 14.4 Å². The summed E-state index contributed by atoms with van der Waals surface area (Å²) in [4.78, 5) is 51.8. The summed E-state index contributed by atoms with van der Waals surface area (Å²) in [5.41, 5.74) is 2.22. The number of carbonyl (C=O) groups excluding carboxylic acids is 4. The molecule has 0 heterocycles. The standard InChI is InChI=1S/C31H27N3O5/c1-39-31(38)24-17-9-11-19-26(24)33-30(37)27(20-21-12-4-2-5-13-21)34-29(36)23-16-8-10-18-25(23)32-28(35)22-14-6-3-7-15-22/h2-19,27H,20H2,1H3,(H,32,35)(H,33,37)(H,34,36)/t27-/m0/s1. The molecule has 3 amide bonds. The van der Waals surface area contributed by atoms with E-state index in [0.717, 1.165) is 5.56 Å². The molecule has 8 nitrogen and oxygen atoms in total. The number of hydrogen-bond donors (Lipinski definition) is 3. The van der Waals surface area contributed by atoms with Crippen molar-refractivity contribution in [3.8, 4) is 0 Å². The number of hydrogen-bond acceptors (Lipinski definition) is 5. The zero-order valence-electron chi connectivity index (χ0n) is 21.2. The predicted molar refractivity (Wildman–Crippen MR) is 149 cm³/mol. The zero-order chi connectivity index (χ0) is 27.6. The number of esters is 1. The fraction of sp³-hybridized carbons (Fsp3) is 0.0968. The fourth-order valence-electron chi connectivity index (χ4n) is 3.97. The van der Waals surface area contributed by atoms with Crippen molar-refractivity contribution in [2.45, 2.75) is 12.5 Å². The van der Waals surface area contributed by atoms with E-state index < -0.39 is 23.8 Å². The second-order valence-electron chi connectivity index (χ2n) is 8.61. The van der Waals surface area contributed by atoms with Gasteiger partial charge in [0.25, 0.3) is 11.8 Å². The minimum absolute atomic E-state index is 0.187. The number of para-hydroxylation sites is 2. The molecular weight excluding hydrogens is 494 g/mol. The lowest BCUT2D eigenvalue weighted by molar-refractivity contribution is -0.118. The Morgan fingerprint density at radius 2 is 1.18 bits per heavy atom. The van der Waals surface area contributed by atoms with Crippen LogP contribution in [0.4, 0.5) is 11.4 Å². The van der Waals surface area contributed by atoms with E-state index in [1.54, 1.807) is 72.8 Å². The Morgan fingerprint density at radius 1 is 0.641 bits per heavy atom. The lowest BCUT2D eigenvalue weighted by Crippen LogP contribution is -2.45. The van der Waals surface area contributed by atoms with Gasteiger partial charge in [0.2, 0.25) is 5.91 Å². The Balaban J connectivity index is 1.58. The molecule has 1 atom stereocenters. The Hall–Kier alpha value is -5.24. The molecular formula is C31H27N3O5. The van der Waals surface area contributed by atoms with Gasteiger partial charge in [-0.25, -0.2) is 4.79 Å². The first-order valence-corrected chi connectivity index (χ1v) is 12.2. The highest BCUT2D eigenvalue weighted by Gasteiger charge is 2.25. The SMILES string of the molecule is COC(=O)c1ccccc1NC(=O)[C@H](Cc1ccccc1)NC(=O)c1ccccc1NC(=O)c1ccccc1. The molecule has 0 aliphatic carbocycles. The highest BCUT2D eigenvalue weighted by molar-refractivity contribution is 6.10. The molecule has 0 spiro atoms. The van der Waals surface area contributed by atoms with E-state index in [1.807, 2.05) is 30.3 Å². The average Bonchev–Trinajstić information content (AvgIpc) is 2.98. The van der Waals surface area contributed by atoms with Crippen LogP contribution in [0.1, 0.15) is 36.6 Å². The van der Waals surface area contributed by atoms with Crippen LogP contribution in [0.15, 0.2) is 109 Å². The number of benzene rings is 4. The Bertz CT molecular complexity index is 1470. The molecule has 8 heteroatoms. The predicted octanol–water partition coefficient (Wildman–Crippen LogP) is 4.71. The van der Waals surface area contributed by atoms with E-state index in [4.69, 9.17) is 4.74 Å². The van der Waals surface area contributed by atoms with Gasteiger partial charge in [-0.2, -0.15) is 0 Å². The number of anilines is 2. The van der Waals surface area contributed by atoms with Gasteiger partial charge >= 0.3 is 5.97 Å². The van der Waals surface area contributed by atoms with Crippen LogP contribution < -0.4 is 16.0 Å². The van der Waals surface area contributed by atoms with Gasteiger partial charge in [0.1, 0.15) is 6.04 Å². The number of amides is 3. The normalized spacial score (nSPS) is 11.1. The van der Waals surface area contributed by atoms with E-state index in [1.165, 1.54) is 13.2 Å². The largest absolute Gasteiger partial charge is 0.465 e. The first kappa shape index (κ1) is 26.8. The van der Waals surface area contributed by atoms with Crippen LogP contribution >= 0.6 is 0 Å². The molecule has 4 aromatic carbocycles. The van der Waals surface area contributed by atoms with Crippen molar-refractivity contribution in [2.24, 2.45) is 0 Å². The maximum Gasteiger partial charge on any atom is 0.339 e. The van der Waals surface area contributed by atoms with Crippen molar-refractivity contribution in [2.75, 3.05) is 17.7 Å². The molecule has 4 aromatic rings. The Morgan fingerprint density at radius 3 is 1.82 bits per heavy atom. The van der Waals surface area contributed by atoms with Crippen LogP contribution in [0.25, 0.3) is 0 Å². The summed E-state index contributed by atoms with van der Waals surface area (Å²) < 4.78 is 4.82. The van der Waals surface area contributed by atoms with Gasteiger partial charge in [0.15, 0.2) is 0 Å². The van der Waals surface area contributed by atoms with Crippen molar-refractivity contribution in [1.82, 2.24) is 5.32 Å². The van der Waals surface area contributed by atoms with Crippen LogP contribution in [0.5, 0.6) is 0 Å². The van der Waals surface area contributed by atoms with Crippen LogP contribution in [0.2, 0.25) is 0 Å². The Labute approximate surface area is 226 Å². The highest BCUT2D eigenvalue weighted by atomic mass is 16.5. The third-order valence-corrected chi connectivity index (χ3v) is 5.95. The molecule has 3 N–H and O–H groups in total. The van der Waals surface area contributed by atoms with E-state index >= 15 is 0 Å². The fourth-order valence-corrected chi connectivity index (χ4v) is 3.97. The summed E-state index contributed by atoms with van der Waals surface area (Å²) >= 11 is 0. The van der Waals surface area contributed by atoms with Crippen molar-refractivity contribution >= 4 is 35.1 Å². The summed E-state index contributed by atoms with van der Waals surface area (Å²) in [6, 6.07) is 29.9. The molecule has 4 rings (SSSR count). The molecule has 0 saturated heterocycles. The summed E-state index contributed by atoms with van der Waals surface area (Å²) in [5, 5.41) is 8.32. The van der Waals surface area contributed by atoms with Crippen LogP contribution in [0.3, 0.4) is 0 Å². The molecule has 0 aromatic heterocycles. The summed E-state index contributed by atoms with van der Waals surface area (Å²) in [5.74, 6) is -2.03. The zero-order valence-corrected chi connectivity index (χ0v) is 21.2. The number of ether oxygens (including phenoxy) is 1. The smallest absolute Gasteiger partial charge is 0.339 e.